The fraction of sp³-hybridized carbons (Fsp3) is 0.467. The Bertz CT molecular complexity index is 1650. The van der Waals surface area contributed by atoms with Crippen molar-refractivity contribution < 1.29 is 17.9 Å². The van der Waals surface area contributed by atoms with Crippen LogP contribution in [0.2, 0.25) is 0 Å². The minimum absolute atomic E-state index is 0.00894. The van der Waals surface area contributed by atoms with Crippen LogP contribution in [0, 0.1) is 12.3 Å². The zero-order chi connectivity index (χ0) is 27.9. The van der Waals surface area contributed by atoms with Crippen LogP contribution < -0.4 is 5.69 Å². The number of pyridine rings is 1. The van der Waals surface area contributed by atoms with Crippen molar-refractivity contribution in [3.8, 4) is 5.69 Å². The van der Waals surface area contributed by atoms with Crippen LogP contribution in [0.4, 0.5) is 13.2 Å². The number of imidazole rings is 1. The van der Waals surface area contributed by atoms with E-state index in [0.29, 0.717) is 42.9 Å². The van der Waals surface area contributed by atoms with Crippen molar-refractivity contribution in [2.75, 3.05) is 19.7 Å². The van der Waals surface area contributed by atoms with E-state index < -0.39 is 17.4 Å². The van der Waals surface area contributed by atoms with Crippen molar-refractivity contribution in [2.24, 2.45) is 5.41 Å². The van der Waals surface area contributed by atoms with Crippen molar-refractivity contribution in [2.45, 2.75) is 63.8 Å². The molecule has 1 aliphatic heterocycles. The van der Waals surface area contributed by atoms with Gasteiger partial charge in [0.1, 0.15) is 0 Å². The lowest BCUT2D eigenvalue weighted by molar-refractivity contribution is -0.136. The number of hydrogen-bond acceptors (Lipinski definition) is 4. The van der Waals surface area contributed by atoms with E-state index >= 15 is 0 Å². The molecule has 1 N–H and O–H groups in total. The molecule has 2 saturated carbocycles. The monoisotopic (exact) mass is 551 g/mol. The Morgan fingerprint density at radius 2 is 1.98 bits per heavy atom. The zero-order valence-corrected chi connectivity index (χ0v) is 22.6. The van der Waals surface area contributed by atoms with Gasteiger partial charge in [-0.15, -0.1) is 0 Å². The van der Waals surface area contributed by atoms with Crippen LogP contribution in [-0.2, 0) is 22.9 Å². The van der Waals surface area contributed by atoms with Gasteiger partial charge >= 0.3 is 11.9 Å². The summed E-state index contributed by atoms with van der Waals surface area (Å²) in [6.45, 7) is 6.09. The minimum Gasteiger partial charge on any atom is -0.376 e. The number of nitrogens with zero attached hydrogens (tertiary/aromatic N) is 4. The highest BCUT2D eigenvalue weighted by molar-refractivity contribution is 5.58. The van der Waals surface area contributed by atoms with Gasteiger partial charge in [0.15, 0.2) is 0 Å². The summed E-state index contributed by atoms with van der Waals surface area (Å²) in [6, 6.07) is 8.85. The first-order chi connectivity index (χ1) is 19.1. The molecular formula is C30H32F3N5O2. The van der Waals surface area contributed by atoms with Crippen LogP contribution in [0.3, 0.4) is 0 Å². The molecule has 0 unspecified atom stereocenters. The third-order valence-electron chi connectivity index (χ3n) is 9.13. The highest BCUT2D eigenvalue weighted by Crippen LogP contribution is 2.70. The number of fused-ring (bicyclic) bond motifs is 1. The Balaban J connectivity index is 1.31. The molecule has 0 radical (unpaired) electrons. The fourth-order valence-electron chi connectivity index (χ4n) is 7.09. The lowest BCUT2D eigenvalue weighted by Gasteiger charge is -2.48. The lowest BCUT2D eigenvalue weighted by Crippen LogP contribution is -2.44. The van der Waals surface area contributed by atoms with Crippen molar-refractivity contribution >= 4 is 5.52 Å². The molecule has 0 bridgehead atoms. The van der Waals surface area contributed by atoms with Gasteiger partial charge in [-0.1, -0.05) is 12.1 Å². The number of halogens is 3. The van der Waals surface area contributed by atoms with E-state index in [-0.39, 0.29) is 17.0 Å². The third-order valence-corrected chi connectivity index (χ3v) is 9.13. The smallest absolute Gasteiger partial charge is 0.376 e. The van der Waals surface area contributed by atoms with E-state index in [2.05, 4.69) is 21.2 Å². The summed E-state index contributed by atoms with van der Waals surface area (Å²) in [4.78, 5) is 15.7. The Labute approximate surface area is 229 Å². The van der Waals surface area contributed by atoms with Gasteiger partial charge in [0.05, 0.1) is 35.2 Å². The van der Waals surface area contributed by atoms with E-state index in [1.54, 1.807) is 12.3 Å². The molecule has 1 saturated heterocycles. The van der Waals surface area contributed by atoms with E-state index in [1.807, 2.05) is 32.2 Å². The summed E-state index contributed by atoms with van der Waals surface area (Å²) in [7, 11) is 0. The molecule has 3 aromatic heterocycles. The maximum absolute atomic E-state index is 14.3. The van der Waals surface area contributed by atoms with E-state index in [9.17, 15) is 18.0 Å². The molecule has 2 aliphatic carbocycles. The van der Waals surface area contributed by atoms with Crippen molar-refractivity contribution in [3.05, 3.63) is 87.4 Å². The molecule has 4 aromatic rings. The molecule has 1 aromatic carbocycles. The molecule has 3 fully saturated rings. The molecule has 4 heterocycles. The molecular weight excluding hydrogens is 519 g/mol. The SMILES string of the molecule is Cc1c[nH]nc1C1(c2cccc(-n3cc4c(C(F)(F)F)cc(CN5CCO[C@H](C)C5)cn4c3=O)c2)CC2(CC2)C1. The number of alkyl halides is 3. The van der Waals surface area contributed by atoms with Crippen molar-refractivity contribution in [1.82, 2.24) is 24.1 Å². The second kappa shape index (κ2) is 8.81. The van der Waals surface area contributed by atoms with Crippen molar-refractivity contribution in [3.63, 3.8) is 0 Å². The number of rotatable bonds is 5. The summed E-state index contributed by atoms with van der Waals surface area (Å²) in [6.07, 6.45) is 4.58. The minimum atomic E-state index is -4.61. The first-order valence-electron chi connectivity index (χ1n) is 13.9. The van der Waals surface area contributed by atoms with Gasteiger partial charge in [-0.05, 0) is 79.8 Å². The molecule has 40 heavy (non-hydrogen) atoms. The molecule has 1 atom stereocenters. The highest BCUT2D eigenvalue weighted by Gasteiger charge is 2.63. The predicted molar refractivity (Wildman–Crippen MR) is 144 cm³/mol. The highest BCUT2D eigenvalue weighted by atomic mass is 19.4. The largest absolute Gasteiger partial charge is 0.418 e. The standard InChI is InChI=1S/C30H32F3N5O2/c1-19-12-34-35-26(19)29(17-28(18-29)6-7-28)22-4-3-5-23(11-22)37-16-25-24(30(31,32)33)10-21(15-38(25)27(37)39)14-36-8-9-40-20(2)13-36/h3-5,10-12,15-16,20H,6-9,13-14,17-18H2,1-2H3,(H,34,35)/t20-/m1/s1. The first-order valence-corrected chi connectivity index (χ1v) is 13.9. The normalized spacial score (nSPS) is 22.1. The summed E-state index contributed by atoms with van der Waals surface area (Å²) in [5.74, 6) is 0. The second-order valence-corrected chi connectivity index (χ2v) is 12.1. The third kappa shape index (κ3) is 4.11. The van der Waals surface area contributed by atoms with E-state index in [1.165, 1.54) is 29.7 Å². The second-order valence-electron chi connectivity index (χ2n) is 12.1. The summed E-state index contributed by atoms with van der Waals surface area (Å²) in [5, 5.41) is 7.60. The van der Waals surface area contributed by atoms with Crippen LogP contribution >= 0.6 is 0 Å². The molecule has 10 heteroatoms. The van der Waals surface area contributed by atoms with Crippen molar-refractivity contribution in [1.29, 1.82) is 0 Å². The number of hydrogen-bond donors (Lipinski definition) is 1. The van der Waals surface area contributed by atoms with Gasteiger partial charge in [-0.25, -0.2) is 4.79 Å². The van der Waals surface area contributed by atoms with Gasteiger partial charge in [0.25, 0.3) is 0 Å². The Kier molecular flexibility index (Phi) is 5.64. The number of ether oxygens (including phenoxy) is 1. The quantitative estimate of drug-likeness (QED) is 0.369. The Morgan fingerprint density at radius 1 is 1.18 bits per heavy atom. The molecule has 3 aliphatic rings. The number of aromatic nitrogens is 4. The summed E-state index contributed by atoms with van der Waals surface area (Å²) in [5.41, 5.74) is 2.76. The van der Waals surface area contributed by atoms with Crippen LogP contribution in [0.25, 0.3) is 11.2 Å². The van der Waals surface area contributed by atoms with Gasteiger partial charge in [0.2, 0.25) is 0 Å². The van der Waals surface area contributed by atoms with Crippen LogP contribution in [0.15, 0.2) is 53.7 Å². The average molecular weight is 552 g/mol. The maximum Gasteiger partial charge on any atom is 0.418 e. The zero-order valence-electron chi connectivity index (χ0n) is 22.6. The number of morpholine rings is 1. The van der Waals surface area contributed by atoms with Crippen LogP contribution in [-0.4, -0.2) is 49.9 Å². The maximum atomic E-state index is 14.3. The molecule has 7 rings (SSSR count). The topological polar surface area (TPSA) is 67.6 Å². The average Bonchev–Trinajstić information content (AvgIpc) is 3.46. The van der Waals surface area contributed by atoms with Crippen LogP contribution in [0.1, 0.15) is 60.6 Å². The van der Waals surface area contributed by atoms with Gasteiger partial charge in [0, 0.05) is 43.6 Å². The lowest BCUT2D eigenvalue weighted by atomic mass is 9.54. The number of benzene rings is 1. The van der Waals surface area contributed by atoms with Gasteiger partial charge < -0.3 is 4.74 Å². The number of aryl methyl sites for hydroxylation is 1. The Morgan fingerprint density at radius 3 is 2.65 bits per heavy atom. The number of nitrogens with one attached hydrogen (secondary N) is 1. The number of H-pyrrole nitrogens is 1. The molecule has 0 amide bonds. The number of aromatic amines is 1. The molecule has 1 spiro atoms. The molecule has 7 nitrogen and oxygen atoms in total. The summed E-state index contributed by atoms with van der Waals surface area (Å²) >= 11 is 0. The Hall–Kier alpha value is -3.37. The van der Waals surface area contributed by atoms with E-state index in [4.69, 9.17) is 4.74 Å². The van der Waals surface area contributed by atoms with Gasteiger partial charge in [-0.3, -0.25) is 19.0 Å². The van der Waals surface area contributed by atoms with E-state index in [0.717, 1.165) is 34.1 Å². The predicted octanol–water partition coefficient (Wildman–Crippen LogP) is 5.22. The summed E-state index contributed by atoms with van der Waals surface area (Å²) < 4.78 is 50.8. The van der Waals surface area contributed by atoms with Gasteiger partial charge in [-0.2, -0.15) is 18.3 Å². The molecule has 210 valence electrons. The van der Waals surface area contributed by atoms with Crippen LogP contribution in [0.5, 0.6) is 0 Å². The fourth-order valence-corrected chi connectivity index (χ4v) is 7.09. The first kappa shape index (κ1) is 25.6.